The predicted molar refractivity (Wildman–Crippen MR) is 58.6 cm³/mol. The molecule has 0 spiro atoms. The molecule has 1 aliphatic rings. The molecule has 1 atom stereocenters. The number of nitrogens with two attached hydrogens (primary N) is 1. The molecule has 0 amide bonds. The highest BCUT2D eigenvalue weighted by Crippen LogP contribution is 2.25. The van der Waals surface area contributed by atoms with Crippen molar-refractivity contribution in [2.75, 3.05) is 24.5 Å². The van der Waals surface area contributed by atoms with Gasteiger partial charge in [0.25, 0.3) is 0 Å². The third kappa shape index (κ3) is 2.21. The molecule has 0 aliphatic carbocycles. The lowest BCUT2D eigenvalue weighted by molar-refractivity contribution is 0.594. The summed E-state index contributed by atoms with van der Waals surface area (Å²) < 4.78 is 13.5. The van der Waals surface area contributed by atoms with Crippen molar-refractivity contribution in [3.8, 4) is 0 Å². The molecule has 1 unspecified atom stereocenters. The average Bonchev–Trinajstić information content (AvgIpc) is 2.66. The van der Waals surface area contributed by atoms with E-state index in [9.17, 15) is 4.39 Å². The van der Waals surface area contributed by atoms with E-state index < -0.39 is 0 Å². The first kappa shape index (κ1) is 10.6. The van der Waals surface area contributed by atoms with E-state index in [0.717, 1.165) is 19.5 Å². The lowest BCUT2D eigenvalue weighted by atomic mass is 10.1. The van der Waals surface area contributed by atoms with Crippen molar-refractivity contribution < 1.29 is 4.39 Å². The van der Waals surface area contributed by atoms with Gasteiger partial charge in [-0.1, -0.05) is 11.6 Å². The van der Waals surface area contributed by atoms with E-state index in [1.807, 2.05) is 4.90 Å². The minimum absolute atomic E-state index is 0.325. The summed E-state index contributed by atoms with van der Waals surface area (Å²) in [7, 11) is 0. The maximum atomic E-state index is 13.5. The molecule has 2 heterocycles. The minimum Gasteiger partial charge on any atom is -0.354 e. The van der Waals surface area contributed by atoms with Gasteiger partial charge in [-0.2, -0.15) is 0 Å². The summed E-state index contributed by atoms with van der Waals surface area (Å²) in [6.07, 6.45) is 2.47. The maximum absolute atomic E-state index is 13.5. The molecule has 1 fully saturated rings. The average molecular weight is 230 g/mol. The van der Waals surface area contributed by atoms with Crippen LogP contribution in [0.4, 0.5) is 10.2 Å². The monoisotopic (exact) mass is 229 g/mol. The molecule has 3 nitrogen and oxygen atoms in total. The van der Waals surface area contributed by atoms with Gasteiger partial charge < -0.3 is 10.6 Å². The summed E-state index contributed by atoms with van der Waals surface area (Å²) in [5, 5.41) is 0.325. The van der Waals surface area contributed by atoms with Gasteiger partial charge in [0.15, 0.2) is 11.6 Å². The fourth-order valence-electron chi connectivity index (χ4n) is 1.86. The van der Waals surface area contributed by atoms with Crippen LogP contribution in [0.15, 0.2) is 12.3 Å². The van der Waals surface area contributed by atoms with E-state index in [4.69, 9.17) is 17.3 Å². The van der Waals surface area contributed by atoms with E-state index in [2.05, 4.69) is 4.98 Å². The van der Waals surface area contributed by atoms with Crippen LogP contribution in [0.25, 0.3) is 0 Å². The zero-order chi connectivity index (χ0) is 10.8. The molecule has 1 aliphatic heterocycles. The predicted octanol–water partition coefficient (Wildman–Crippen LogP) is 1.66. The smallest absolute Gasteiger partial charge is 0.167 e. The number of aromatic nitrogens is 1. The van der Waals surface area contributed by atoms with Gasteiger partial charge in [-0.05, 0) is 24.9 Å². The van der Waals surface area contributed by atoms with Crippen LogP contribution in [0.3, 0.4) is 0 Å². The van der Waals surface area contributed by atoms with Crippen LogP contribution < -0.4 is 10.6 Å². The first-order valence-electron chi connectivity index (χ1n) is 4.96. The number of halogens is 2. The van der Waals surface area contributed by atoms with E-state index >= 15 is 0 Å². The van der Waals surface area contributed by atoms with Crippen LogP contribution in [-0.2, 0) is 0 Å². The maximum Gasteiger partial charge on any atom is 0.167 e. The van der Waals surface area contributed by atoms with Crippen LogP contribution in [0, 0.1) is 11.7 Å². The third-order valence-electron chi connectivity index (χ3n) is 2.71. The van der Waals surface area contributed by atoms with E-state index in [0.29, 0.717) is 23.3 Å². The Kier molecular flexibility index (Phi) is 3.07. The van der Waals surface area contributed by atoms with Gasteiger partial charge in [-0.15, -0.1) is 0 Å². The van der Waals surface area contributed by atoms with Crippen LogP contribution in [-0.4, -0.2) is 24.6 Å². The summed E-state index contributed by atoms with van der Waals surface area (Å²) in [5.41, 5.74) is 5.57. The van der Waals surface area contributed by atoms with Crippen molar-refractivity contribution in [1.29, 1.82) is 0 Å². The Hall–Kier alpha value is -0.870. The van der Waals surface area contributed by atoms with Gasteiger partial charge in [0.05, 0.1) is 5.02 Å². The van der Waals surface area contributed by atoms with Crippen molar-refractivity contribution >= 4 is 17.4 Å². The highest BCUT2D eigenvalue weighted by Gasteiger charge is 2.24. The normalized spacial score (nSPS) is 21.0. The molecule has 5 heteroatoms. The number of nitrogens with zero attached hydrogens (tertiary/aromatic N) is 2. The molecule has 0 aromatic carbocycles. The van der Waals surface area contributed by atoms with Gasteiger partial charge in [0.2, 0.25) is 0 Å². The van der Waals surface area contributed by atoms with E-state index in [-0.39, 0.29) is 5.82 Å². The molecule has 1 aromatic rings. The fraction of sp³-hybridized carbons (Fsp3) is 0.500. The summed E-state index contributed by atoms with van der Waals surface area (Å²) in [6, 6.07) is 1.29. The van der Waals surface area contributed by atoms with Crippen molar-refractivity contribution in [3.05, 3.63) is 23.1 Å². The standard InChI is InChI=1S/C10H13ClFN3/c11-8-3-9(12)10(14-5-8)15-2-1-7(4-13)6-15/h3,5,7H,1-2,4,6,13H2. The Labute approximate surface area is 93.0 Å². The second-order valence-electron chi connectivity index (χ2n) is 3.80. The lowest BCUT2D eigenvalue weighted by Gasteiger charge is -2.17. The van der Waals surface area contributed by atoms with E-state index in [1.54, 1.807) is 0 Å². The Balaban J connectivity index is 2.17. The molecule has 0 bridgehead atoms. The zero-order valence-electron chi connectivity index (χ0n) is 8.29. The molecule has 1 saturated heterocycles. The van der Waals surface area contributed by atoms with Gasteiger partial charge >= 0.3 is 0 Å². The van der Waals surface area contributed by atoms with Gasteiger partial charge in [0.1, 0.15) is 0 Å². The van der Waals surface area contributed by atoms with Crippen molar-refractivity contribution in [1.82, 2.24) is 4.98 Å². The molecule has 82 valence electrons. The fourth-order valence-corrected chi connectivity index (χ4v) is 2.00. The van der Waals surface area contributed by atoms with Crippen LogP contribution in [0.5, 0.6) is 0 Å². The SMILES string of the molecule is NCC1CCN(c2ncc(Cl)cc2F)C1. The zero-order valence-corrected chi connectivity index (χ0v) is 9.04. The number of anilines is 1. The van der Waals surface area contributed by atoms with Crippen molar-refractivity contribution in [2.45, 2.75) is 6.42 Å². The molecular weight excluding hydrogens is 217 g/mol. The number of hydrogen-bond donors (Lipinski definition) is 1. The summed E-state index contributed by atoms with van der Waals surface area (Å²) >= 11 is 5.64. The molecule has 1 aromatic heterocycles. The summed E-state index contributed by atoms with van der Waals surface area (Å²) in [5.74, 6) is 0.470. The Morgan fingerprint density at radius 2 is 2.47 bits per heavy atom. The molecule has 2 rings (SSSR count). The van der Waals surface area contributed by atoms with Gasteiger partial charge in [0, 0.05) is 19.3 Å². The Morgan fingerprint density at radius 3 is 3.07 bits per heavy atom. The molecular formula is C10H13ClFN3. The van der Waals surface area contributed by atoms with E-state index in [1.165, 1.54) is 12.3 Å². The Bertz CT molecular complexity index is 359. The van der Waals surface area contributed by atoms with Crippen LogP contribution in [0.2, 0.25) is 5.02 Å². The molecule has 0 saturated carbocycles. The molecule has 2 N–H and O–H groups in total. The van der Waals surface area contributed by atoms with Crippen molar-refractivity contribution in [3.63, 3.8) is 0 Å². The quantitative estimate of drug-likeness (QED) is 0.839. The second kappa shape index (κ2) is 4.33. The van der Waals surface area contributed by atoms with Crippen LogP contribution in [0.1, 0.15) is 6.42 Å². The van der Waals surface area contributed by atoms with Gasteiger partial charge in [-0.25, -0.2) is 9.37 Å². The molecule has 0 radical (unpaired) electrons. The highest BCUT2D eigenvalue weighted by molar-refractivity contribution is 6.30. The topological polar surface area (TPSA) is 42.1 Å². The largest absolute Gasteiger partial charge is 0.354 e. The number of hydrogen-bond acceptors (Lipinski definition) is 3. The minimum atomic E-state index is -0.361. The summed E-state index contributed by atoms with van der Waals surface area (Å²) in [6.45, 7) is 2.24. The second-order valence-corrected chi connectivity index (χ2v) is 4.23. The number of rotatable bonds is 2. The third-order valence-corrected chi connectivity index (χ3v) is 2.91. The van der Waals surface area contributed by atoms with Gasteiger partial charge in [-0.3, -0.25) is 0 Å². The van der Waals surface area contributed by atoms with Crippen LogP contribution >= 0.6 is 11.6 Å². The first-order chi connectivity index (χ1) is 7.20. The first-order valence-corrected chi connectivity index (χ1v) is 5.34. The number of pyridine rings is 1. The van der Waals surface area contributed by atoms with Crippen molar-refractivity contribution in [2.24, 2.45) is 11.7 Å². The highest BCUT2D eigenvalue weighted by atomic mass is 35.5. The summed E-state index contributed by atoms with van der Waals surface area (Å²) in [4.78, 5) is 5.93. The lowest BCUT2D eigenvalue weighted by Crippen LogP contribution is -2.24. The Morgan fingerprint density at radius 1 is 1.67 bits per heavy atom. The molecule has 15 heavy (non-hydrogen) atoms.